The number of carboxylic acids is 3. The van der Waals surface area contributed by atoms with E-state index in [1.165, 1.54) is 0 Å². The Kier molecular flexibility index (Phi) is 3.88. The molecule has 0 amide bonds. The van der Waals surface area contributed by atoms with Crippen molar-refractivity contribution in [3.05, 3.63) is 23.4 Å². The van der Waals surface area contributed by atoms with E-state index in [-0.39, 0.29) is 0 Å². The number of nitrogens with two attached hydrogens (primary N) is 1. The summed E-state index contributed by atoms with van der Waals surface area (Å²) in [6.45, 7) is 0. The maximum atomic E-state index is 10.4. The Balaban J connectivity index is 5.16. The molecule has 5 N–H and O–H groups in total. The Morgan fingerprint density at radius 2 is 1.43 bits per heavy atom. The van der Waals surface area contributed by atoms with E-state index in [2.05, 4.69) is 0 Å². The molecule has 0 atom stereocenters. The predicted octanol–water partition coefficient (Wildman–Crippen LogP) is -0.991. The van der Waals surface area contributed by atoms with E-state index in [4.69, 9.17) is 21.1 Å². The third kappa shape index (κ3) is 3.39. The predicted molar refractivity (Wildman–Crippen MR) is 43.3 cm³/mol. The molecule has 0 aliphatic rings. The summed E-state index contributed by atoms with van der Waals surface area (Å²) < 4.78 is 0. The number of hydrogen-bond donors (Lipinski definition) is 4. The molecule has 0 saturated heterocycles. The van der Waals surface area contributed by atoms with Gasteiger partial charge in [0.15, 0.2) is 0 Å². The smallest absolute Gasteiger partial charge is 0.352 e. The molecule has 0 spiro atoms. The highest BCUT2D eigenvalue weighted by Gasteiger charge is 2.14. The fourth-order valence-corrected chi connectivity index (χ4v) is 0.546. The van der Waals surface area contributed by atoms with Crippen molar-refractivity contribution in [2.24, 2.45) is 5.73 Å². The monoisotopic (exact) mass is 201 g/mol. The first-order valence-corrected chi connectivity index (χ1v) is 3.23. The summed E-state index contributed by atoms with van der Waals surface area (Å²) in [6.07, 6.45) is 1.09. The summed E-state index contributed by atoms with van der Waals surface area (Å²) >= 11 is 0. The molecule has 0 unspecified atom stereocenters. The molecular formula is C7H7NO6. The molecule has 7 heteroatoms. The minimum Gasteiger partial charge on any atom is -0.478 e. The van der Waals surface area contributed by atoms with Gasteiger partial charge in [-0.05, 0) is 6.08 Å². The molecule has 76 valence electrons. The van der Waals surface area contributed by atoms with Gasteiger partial charge in [-0.1, -0.05) is 0 Å². The van der Waals surface area contributed by atoms with Gasteiger partial charge >= 0.3 is 17.9 Å². The quantitative estimate of drug-likeness (QED) is 0.338. The van der Waals surface area contributed by atoms with Crippen molar-refractivity contribution >= 4 is 17.9 Å². The van der Waals surface area contributed by atoms with Crippen LogP contribution in [0.2, 0.25) is 0 Å². The topological polar surface area (TPSA) is 138 Å². The lowest BCUT2D eigenvalue weighted by Gasteiger charge is -1.97. The number of rotatable bonds is 4. The lowest BCUT2D eigenvalue weighted by atomic mass is 10.2. The van der Waals surface area contributed by atoms with E-state index >= 15 is 0 Å². The molecule has 0 bridgehead atoms. The molecule has 0 aromatic heterocycles. The lowest BCUT2D eigenvalue weighted by Crippen LogP contribution is -2.17. The summed E-state index contributed by atoms with van der Waals surface area (Å²) in [5.41, 5.74) is 3.20. The van der Waals surface area contributed by atoms with Gasteiger partial charge in [0.1, 0.15) is 5.70 Å². The average molecular weight is 201 g/mol. The molecule has 0 aliphatic heterocycles. The van der Waals surface area contributed by atoms with Crippen molar-refractivity contribution in [3.63, 3.8) is 0 Å². The van der Waals surface area contributed by atoms with Gasteiger partial charge < -0.3 is 21.1 Å². The van der Waals surface area contributed by atoms with Crippen LogP contribution in [0.4, 0.5) is 0 Å². The van der Waals surface area contributed by atoms with Gasteiger partial charge in [0.05, 0.1) is 5.57 Å². The minimum absolute atomic E-state index is 0.485. The van der Waals surface area contributed by atoms with Crippen LogP contribution in [0.1, 0.15) is 0 Å². The fourth-order valence-electron chi connectivity index (χ4n) is 0.546. The molecule has 7 nitrogen and oxygen atoms in total. The standard InChI is InChI=1S/C7H7NO6/c8-5(7(13)14)3(6(11)12)1-2-4(9)10/h1-2H,8H2,(H,9,10)(H,11,12)(H,13,14)/b2-1-,5-3-. The third-order valence-corrected chi connectivity index (χ3v) is 1.14. The van der Waals surface area contributed by atoms with Crippen molar-refractivity contribution in [2.45, 2.75) is 0 Å². The van der Waals surface area contributed by atoms with Gasteiger partial charge in [-0.3, -0.25) is 0 Å². The summed E-state index contributed by atoms with van der Waals surface area (Å²) in [5, 5.41) is 25.0. The van der Waals surface area contributed by atoms with Gasteiger partial charge in [-0.15, -0.1) is 0 Å². The highest BCUT2D eigenvalue weighted by molar-refractivity contribution is 6.01. The average Bonchev–Trinajstić information content (AvgIpc) is 2.02. The first-order chi connectivity index (χ1) is 6.36. The van der Waals surface area contributed by atoms with Crippen molar-refractivity contribution in [1.29, 1.82) is 0 Å². The number of hydrogen-bond acceptors (Lipinski definition) is 4. The van der Waals surface area contributed by atoms with Crippen LogP contribution in [-0.2, 0) is 14.4 Å². The zero-order chi connectivity index (χ0) is 11.3. The van der Waals surface area contributed by atoms with E-state index in [1.807, 2.05) is 0 Å². The van der Waals surface area contributed by atoms with Crippen molar-refractivity contribution in [2.75, 3.05) is 0 Å². The van der Waals surface area contributed by atoms with Crippen LogP contribution in [0.3, 0.4) is 0 Å². The third-order valence-electron chi connectivity index (χ3n) is 1.14. The molecule has 0 heterocycles. The maximum absolute atomic E-state index is 10.4. The molecule has 0 saturated carbocycles. The normalized spacial score (nSPS) is 12.3. The second-order valence-electron chi connectivity index (χ2n) is 2.11. The van der Waals surface area contributed by atoms with Crippen LogP contribution in [0.25, 0.3) is 0 Å². The van der Waals surface area contributed by atoms with Crippen molar-refractivity contribution in [1.82, 2.24) is 0 Å². The van der Waals surface area contributed by atoms with E-state index in [0.29, 0.717) is 12.2 Å². The number of aliphatic carboxylic acids is 3. The Hall–Kier alpha value is -2.31. The van der Waals surface area contributed by atoms with Crippen LogP contribution < -0.4 is 5.73 Å². The summed E-state index contributed by atoms with van der Waals surface area (Å²) in [5.74, 6) is -4.64. The Labute approximate surface area is 77.8 Å². The molecular weight excluding hydrogens is 194 g/mol. The molecule has 0 fully saturated rings. The summed E-state index contributed by atoms with van der Waals surface area (Å²) in [7, 11) is 0. The molecule has 0 radical (unpaired) electrons. The van der Waals surface area contributed by atoms with E-state index < -0.39 is 29.2 Å². The van der Waals surface area contributed by atoms with Gasteiger partial charge in [0.2, 0.25) is 0 Å². The number of carboxylic acid groups (broad SMARTS) is 3. The summed E-state index contributed by atoms with van der Waals surface area (Å²) in [6, 6.07) is 0. The highest BCUT2D eigenvalue weighted by Crippen LogP contribution is 2.02. The van der Waals surface area contributed by atoms with Gasteiger partial charge in [0.25, 0.3) is 0 Å². The second-order valence-corrected chi connectivity index (χ2v) is 2.11. The van der Waals surface area contributed by atoms with Crippen LogP contribution in [-0.4, -0.2) is 33.2 Å². The lowest BCUT2D eigenvalue weighted by molar-refractivity contribution is -0.135. The zero-order valence-corrected chi connectivity index (χ0v) is 6.80. The molecule has 0 aromatic rings. The van der Waals surface area contributed by atoms with E-state index in [0.717, 1.165) is 0 Å². The van der Waals surface area contributed by atoms with E-state index in [9.17, 15) is 14.4 Å². The van der Waals surface area contributed by atoms with Crippen molar-refractivity contribution < 1.29 is 29.7 Å². The molecule has 14 heavy (non-hydrogen) atoms. The number of carbonyl (C=O) groups is 3. The maximum Gasteiger partial charge on any atom is 0.352 e. The van der Waals surface area contributed by atoms with Gasteiger partial charge in [-0.2, -0.15) is 0 Å². The molecule has 0 rings (SSSR count). The largest absolute Gasteiger partial charge is 0.478 e. The Bertz CT molecular complexity index is 340. The van der Waals surface area contributed by atoms with Crippen LogP contribution >= 0.6 is 0 Å². The zero-order valence-electron chi connectivity index (χ0n) is 6.80. The van der Waals surface area contributed by atoms with Gasteiger partial charge in [-0.25, -0.2) is 14.4 Å². The Morgan fingerprint density at radius 1 is 0.929 bits per heavy atom. The van der Waals surface area contributed by atoms with E-state index in [1.54, 1.807) is 0 Å². The minimum atomic E-state index is -1.63. The summed E-state index contributed by atoms with van der Waals surface area (Å²) in [4.78, 5) is 30.7. The van der Waals surface area contributed by atoms with Crippen LogP contribution in [0.15, 0.2) is 23.4 Å². The SMILES string of the molecule is N/C(C(=O)O)=C(/C=C\C(=O)O)C(=O)O. The Morgan fingerprint density at radius 3 is 1.71 bits per heavy atom. The van der Waals surface area contributed by atoms with Gasteiger partial charge in [0, 0.05) is 6.08 Å². The molecule has 0 aliphatic carbocycles. The first-order valence-electron chi connectivity index (χ1n) is 3.23. The van der Waals surface area contributed by atoms with Crippen LogP contribution in [0, 0.1) is 0 Å². The fraction of sp³-hybridized carbons (Fsp3) is 0. The second kappa shape index (κ2) is 4.65. The first kappa shape index (κ1) is 11.7. The highest BCUT2D eigenvalue weighted by atomic mass is 16.4. The van der Waals surface area contributed by atoms with Crippen molar-refractivity contribution in [3.8, 4) is 0 Å². The molecule has 0 aromatic carbocycles. The van der Waals surface area contributed by atoms with Crippen LogP contribution in [0.5, 0.6) is 0 Å².